The van der Waals surface area contributed by atoms with Crippen molar-refractivity contribution in [2.75, 3.05) is 13.6 Å². The molecule has 5 rings (SSSR count). The first-order valence-corrected chi connectivity index (χ1v) is 13.1. The number of fused-ring (bicyclic) bond motifs is 2. The van der Waals surface area contributed by atoms with Gasteiger partial charge >= 0.3 is 0 Å². The van der Waals surface area contributed by atoms with Gasteiger partial charge in [-0.2, -0.15) is 5.10 Å². The standard InChI is InChI=1S/C27H26N4O3S/c1-18-4-3-5-19(10-18)13-30-35(33,34)17-20-6-7-21-8-9-26-25(27(32)24(21)11-20)12-22(14-28-26)23-15-29-31(2)16-23/h3-12,14-15,23,30H,13,16-17H2,1-2H3. The summed E-state index contributed by atoms with van der Waals surface area (Å²) in [5, 5.41) is 7.86. The predicted molar refractivity (Wildman–Crippen MR) is 140 cm³/mol. The Morgan fingerprint density at radius 1 is 1.03 bits per heavy atom. The largest absolute Gasteiger partial charge is 0.299 e. The van der Waals surface area contributed by atoms with Crippen LogP contribution in [0.3, 0.4) is 0 Å². The van der Waals surface area contributed by atoms with Crippen LogP contribution in [0.4, 0.5) is 0 Å². The number of nitrogens with one attached hydrogen (secondary N) is 1. The molecule has 0 radical (unpaired) electrons. The molecule has 1 aliphatic rings. The Bertz CT molecular complexity index is 1630. The third-order valence-electron chi connectivity index (χ3n) is 6.24. The average molecular weight is 487 g/mol. The highest BCUT2D eigenvalue weighted by Gasteiger charge is 2.18. The van der Waals surface area contributed by atoms with Crippen LogP contribution in [0.2, 0.25) is 0 Å². The quantitative estimate of drug-likeness (QED) is 0.449. The normalized spacial score (nSPS) is 15.8. The van der Waals surface area contributed by atoms with Crippen LogP contribution in [0, 0.1) is 6.92 Å². The van der Waals surface area contributed by atoms with E-state index >= 15 is 0 Å². The molecule has 35 heavy (non-hydrogen) atoms. The van der Waals surface area contributed by atoms with E-state index in [4.69, 9.17) is 0 Å². The lowest BCUT2D eigenvalue weighted by atomic mass is 10.0. The van der Waals surface area contributed by atoms with Crippen molar-refractivity contribution >= 4 is 37.9 Å². The zero-order valence-electron chi connectivity index (χ0n) is 19.6. The molecule has 0 saturated heterocycles. The lowest BCUT2D eigenvalue weighted by Gasteiger charge is -2.10. The van der Waals surface area contributed by atoms with E-state index in [9.17, 15) is 13.2 Å². The number of hydrogen-bond acceptors (Lipinski definition) is 6. The summed E-state index contributed by atoms with van der Waals surface area (Å²) in [5.41, 5.74) is 3.90. The van der Waals surface area contributed by atoms with Gasteiger partial charge in [0.1, 0.15) is 0 Å². The van der Waals surface area contributed by atoms with Crippen LogP contribution in [0.1, 0.15) is 28.2 Å². The minimum atomic E-state index is -3.59. The van der Waals surface area contributed by atoms with E-state index in [0.29, 0.717) is 21.9 Å². The molecule has 0 saturated carbocycles. The van der Waals surface area contributed by atoms with E-state index in [2.05, 4.69) is 14.8 Å². The van der Waals surface area contributed by atoms with Crippen molar-refractivity contribution in [1.82, 2.24) is 14.7 Å². The Labute approximate surface area is 204 Å². The summed E-state index contributed by atoms with van der Waals surface area (Å²) in [6.07, 6.45) is 3.65. The summed E-state index contributed by atoms with van der Waals surface area (Å²) in [5.74, 6) is -0.132. The number of rotatable bonds is 6. The van der Waals surface area contributed by atoms with E-state index in [-0.39, 0.29) is 23.6 Å². The van der Waals surface area contributed by atoms with Crippen LogP contribution in [0.25, 0.3) is 21.7 Å². The summed E-state index contributed by atoms with van der Waals surface area (Å²) in [7, 11) is -1.69. The van der Waals surface area contributed by atoms with E-state index in [1.165, 1.54) is 0 Å². The minimum Gasteiger partial charge on any atom is -0.299 e. The zero-order valence-corrected chi connectivity index (χ0v) is 20.4. The van der Waals surface area contributed by atoms with Gasteiger partial charge in [0.05, 0.1) is 11.3 Å². The van der Waals surface area contributed by atoms with Crippen LogP contribution < -0.4 is 10.2 Å². The lowest BCUT2D eigenvalue weighted by Crippen LogP contribution is -2.24. The molecule has 1 atom stereocenters. The SMILES string of the molecule is Cc1cccc(CNS(=O)(=O)Cc2ccc3ccc4ncc(C5C=NN(C)C5)cc4c(=O)c3c2)c1. The number of benzene rings is 2. The first-order valence-electron chi connectivity index (χ1n) is 11.4. The van der Waals surface area contributed by atoms with Crippen molar-refractivity contribution in [1.29, 1.82) is 0 Å². The number of aromatic nitrogens is 1. The van der Waals surface area contributed by atoms with Gasteiger partial charge < -0.3 is 0 Å². The Morgan fingerprint density at radius 2 is 1.86 bits per heavy atom. The average Bonchev–Trinajstić information content (AvgIpc) is 3.22. The molecule has 1 unspecified atom stereocenters. The number of hydrogen-bond donors (Lipinski definition) is 1. The predicted octanol–water partition coefficient (Wildman–Crippen LogP) is 3.69. The second-order valence-corrected chi connectivity index (χ2v) is 10.9. The van der Waals surface area contributed by atoms with E-state index < -0.39 is 10.0 Å². The smallest absolute Gasteiger partial charge is 0.216 e. The maximum Gasteiger partial charge on any atom is 0.216 e. The van der Waals surface area contributed by atoms with Crippen molar-refractivity contribution in [3.8, 4) is 0 Å². The summed E-state index contributed by atoms with van der Waals surface area (Å²) < 4.78 is 28.2. The molecule has 0 amide bonds. The molecule has 0 bridgehead atoms. The first-order chi connectivity index (χ1) is 16.8. The van der Waals surface area contributed by atoms with Gasteiger partial charge in [0.15, 0.2) is 5.43 Å². The molecule has 178 valence electrons. The molecular formula is C27H26N4O3S. The van der Waals surface area contributed by atoms with E-state index in [0.717, 1.165) is 28.6 Å². The second-order valence-electron chi connectivity index (χ2n) is 9.07. The summed E-state index contributed by atoms with van der Waals surface area (Å²) in [6, 6.07) is 18.5. The molecule has 1 aromatic heterocycles. The fourth-order valence-electron chi connectivity index (χ4n) is 4.41. The van der Waals surface area contributed by atoms with Gasteiger partial charge in [-0.3, -0.25) is 14.8 Å². The van der Waals surface area contributed by atoms with Crippen molar-refractivity contribution < 1.29 is 8.42 Å². The highest BCUT2D eigenvalue weighted by atomic mass is 32.2. The first kappa shape index (κ1) is 23.1. The van der Waals surface area contributed by atoms with Gasteiger partial charge in [-0.1, -0.05) is 48.0 Å². The Hall–Kier alpha value is -3.62. The van der Waals surface area contributed by atoms with Crippen LogP contribution >= 0.6 is 0 Å². The summed E-state index contributed by atoms with van der Waals surface area (Å²) in [6.45, 7) is 2.92. The molecule has 3 aromatic carbocycles. The van der Waals surface area contributed by atoms with E-state index in [1.807, 2.05) is 67.7 Å². The van der Waals surface area contributed by atoms with Crippen molar-refractivity contribution in [3.63, 3.8) is 0 Å². The Kier molecular flexibility index (Phi) is 6.08. The minimum absolute atomic E-state index is 0.0771. The molecule has 7 nitrogen and oxygen atoms in total. The molecule has 2 heterocycles. The van der Waals surface area contributed by atoms with Crippen molar-refractivity contribution in [2.45, 2.75) is 25.1 Å². The number of sulfonamides is 1. The molecule has 1 N–H and O–H groups in total. The van der Waals surface area contributed by atoms with Gasteiger partial charge in [0.2, 0.25) is 10.0 Å². The molecule has 8 heteroatoms. The number of nitrogens with zero attached hydrogens (tertiary/aromatic N) is 3. The molecule has 0 spiro atoms. The number of likely N-dealkylation sites (N-methyl/N-ethyl adjacent to an activating group) is 1. The monoisotopic (exact) mass is 486 g/mol. The molecule has 0 aliphatic carbocycles. The zero-order chi connectivity index (χ0) is 24.6. The van der Waals surface area contributed by atoms with Crippen molar-refractivity contribution in [3.05, 3.63) is 99.3 Å². The number of pyridine rings is 1. The number of hydrazone groups is 1. The maximum atomic E-state index is 13.5. The molecule has 0 fully saturated rings. The van der Waals surface area contributed by atoms with Crippen molar-refractivity contribution in [2.24, 2.45) is 5.10 Å². The molecular weight excluding hydrogens is 460 g/mol. The lowest BCUT2D eigenvalue weighted by molar-refractivity contribution is 0.381. The van der Waals surface area contributed by atoms with Gasteiger partial charge in [-0.15, -0.1) is 0 Å². The van der Waals surface area contributed by atoms with Gasteiger partial charge in [0, 0.05) is 49.2 Å². The van der Waals surface area contributed by atoms with Gasteiger partial charge in [-0.05, 0) is 47.2 Å². The Balaban J connectivity index is 1.47. The van der Waals surface area contributed by atoms with Crippen LogP contribution in [-0.2, 0) is 22.3 Å². The summed E-state index contributed by atoms with van der Waals surface area (Å²) in [4.78, 5) is 18.1. The van der Waals surface area contributed by atoms with Gasteiger partial charge in [0.25, 0.3) is 0 Å². The highest BCUT2D eigenvalue weighted by molar-refractivity contribution is 7.88. The fraction of sp³-hybridized carbons (Fsp3) is 0.222. The van der Waals surface area contributed by atoms with Crippen LogP contribution in [0.5, 0.6) is 0 Å². The van der Waals surface area contributed by atoms with Crippen LogP contribution in [-0.4, -0.2) is 38.2 Å². The number of aryl methyl sites for hydroxylation is 1. The molecule has 1 aliphatic heterocycles. The fourth-order valence-corrected chi connectivity index (χ4v) is 5.52. The third-order valence-corrected chi connectivity index (χ3v) is 7.53. The second kappa shape index (κ2) is 9.20. The molecule has 4 aromatic rings. The summed E-state index contributed by atoms with van der Waals surface area (Å²) >= 11 is 0. The Morgan fingerprint density at radius 3 is 2.63 bits per heavy atom. The topological polar surface area (TPSA) is 91.7 Å². The van der Waals surface area contributed by atoms with E-state index in [1.54, 1.807) is 24.4 Å². The maximum absolute atomic E-state index is 13.5. The third kappa shape index (κ3) is 5.08. The van der Waals surface area contributed by atoms with Crippen LogP contribution in [0.15, 0.2) is 76.8 Å². The van der Waals surface area contributed by atoms with Gasteiger partial charge in [-0.25, -0.2) is 13.1 Å². The highest BCUT2D eigenvalue weighted by Crippen LogP contribution is 2.23.